The fourth-order valence-electron chi connectivity index (χ4n) is 4.33. The fraction of sp³-hybridized carbons (Fsp3) is 0.429. The van der Waals surface area contributed by atoms with Gasteiger partial charge >= 0.3 is 6.03 Å². The lowest BCUT2D eigenvalue weighted by atomic mass is 10.0. The molecule has 4 N–H and O–H groups in total. The lowest BCUT2D eigenvalue weighted by molar-refractivity contribution is -0.123. The summed E-state index contributed by atoms with van der Waals surface area (Å²) < 4.78 is 0. The van der Waals surface area contributed by atoms with Gasteiger partial charge in [0.25, 0.3) is 5.91 Å². The van der Waals surface area contributed by atoms with Crippen LogP contribution in [0.5, 0.6) is 0 Å². The first-order valence-electron chi connectivity index (χ1n) is 12.7. The van der Waals surface area contributed by atoms with Gasteiger partial charge in [-0.25, -0.2) is 4.79 Å². The Kier molecular flexibility index (Phi) is 10.5. The molecule has 0 radical (unpaired) electrons. The molecule has 0 bridgehead atoms. The molecule has 0 saturated carbocycles. The van der Waals surface area contributed by atoms with E-state index in [4.69, 9.17) is 5.26 Å². The van der Waals surface area contributed by atoms with Crippen LogP contribution in [0.3, 0.4) is 0 Å². The summed E-state index contributed by atoms with van der Waals surface area (Å²) in [5, 5.41) is 19.8. The third-order valence-corrected chi connectivity index (χ3v) is 6.25. The van der Waals surface area contributed by atoms with Gasteiger partial charge in [0.1, 0.15) is 12.6 Å². The molecule has 1 heterocycles. The minimum absolute atomic E-state index is 0.113. The first-order valence-corrected chi connectivity index (χ1v) is 12.7. The van der Waals surface area contributed by atoms with Crippen molar-refractivity contribution in [1.82, 2.24) is 20.9 Å². The average molecular weight is 505 g/mol. The summed E-state index contributed by atoms with van der Waals surface area (Å²) in [6, 6.07) is 17.9. The molecule has 0 aromatic heterocycles. The predicted molar refractivity (Wildman–Crippen MR) is 143 cm³/mol. The van der Waals surface area contributed by atoms with Crippen LogP contribution in [-0.4, -0.2) is 54.5 Å². The van der Waals surface area contributed by atoms with Crippen LogP contribution in [0.25, 0.3) is 0 Å². The number of piperidine rings is 1. The third kappa shape index (κ3) is 9.24. The number of rotatable bonds is 10. The normalized spacial score (nSPS) is 14.9. The monoisotopic (exact) mass is 504 g/mol. The second-order valence-corrected chi connectivity index (χ2v) is 9.74. The number of hydrogen-bond acceptors (Lipinski definition) is 5. The van der Waals surface area contributed by atoms with Gasteiger partial charge in [-0.2, -0.15) is 5.26 Å². The SMILES string of the molecule is CC(C)C[C@H](NC(=O)c1ccc(NC(=O)NC2CCN(Cc3ccccc3)CC2)cc1)C(=O)NCC#N. The summed E-state index contributed by atoms with van der Waals surface area (Å²) in [6.07, 6.45) is 2.23. The van der Waals surface area contributed by atoms with Crippen molar-refractivity contribution in [2.45, 2.75) is 51.7 Å². The van der Waals surface area contributed by atoms with Crippen LogP contribution in [0.15, 0.2) is 54.6 Å². The summed E-state index contributed by atoms with van der Waals surface area (Å²) in [4.78, 5) is 39.9. The van der Waals surface area contributed by atoms with Crippen LogP contribution < -0.4 is 21.3 Å². The number of nitrogens with one attached hydrogen (secondary N) is 4. The van der Waals surface area contributed by atoms with Gasteiger partial charge in [-0.1, -0.05) is 44.2 Å². The third-order valence-electron chi connectivity index (χ3n) is 6.25. The lowest BCUT2D eigenvalue weighted by Gasteiger charge is -2.32. The van der Waals surface area contributed by atoms with Crippen molar-refractivity contribution in [3.63, 3.8) is 0 Å². The molecule has 0 unspecified atom stereocenters. The van der Waals surface area contributed by atoms with Crippen LogP contribution in [0.2, 0.25) is 0 Å². The highest BCUT2D eigenvalue weighted by Crippen LogP contribution is 2.15. The van der Waals surface area contributed by atoms with Gasteiger partial charge in [0, 0.05) is 36.9 Å². The fourth-order valence-corrected chi connectivity index (χ4v) is 4.33. The molecule has 1 atom stereocenters. The van der Waals surface area contributed by atoms with Gasteiger partial charge in [-0.15, -0.1) is 0 Å². The summed E-state index contributed by atoms with van der Waals surface area (Å²) in [7, 11) is 0. The van der Waals surface area contributed by atoms with Crippen LogP contribution >= 0.6 is 0 Å². The average Bonchev–Trinajstić information content (AvgIpc) is 2.88. The number of benzene rings is 2. The highest BCUT2D eigenvalue weighted by atomic mass is 16.2. The number of likely N-dealkylation sites (tertiary alicyclic amines) is 1. The largest absolute Gasteiger partial charge is 0.341 e. The first-order chi connectivity index (χ1) is 17.8. The Morgan fingerprint density at radius 3 is 2.32 bits per heavy atom. The van der Waals surface area contributed by atoms with E-state index >= 15 is 0 Å². The second kappa shape index (κ2) is 14.0. The minimum atomic E-state index is -0.733. The first kappa shape index (κ1) is 27.7. The van der Waals surface area contributed by atoms with E-state index in [2.05, 4.69) is 38.3 Å². The van der Waals surface area contributed by atoms with Crippen molar-refractivity contribution in [2.24, 2.45) is 5.92 Å². The number of amides is 4. The molecule has 1 fully saturated rings. The van der Waals surface area contributed by atoms with Crippen LogP contribution in [0.1, 0.15) is 49.0 Å². The van der Waals surface area contributed by atoms with Crippen molar-refractivity contribution < 1.29 is 14.4 Å². The predicted octanol–water partition coefficient (Wildman–Crippen LogP) is 3.26. The topological polar surface area (TPSA) is 126 Å². The Labute approximate surface area is 218 Å². The number of anilines is 1. The molecule has 1 aliphatic heterocycles. The number of nitrogens with zero attached hydrogens (tertiary/aromatic N) is 2. The molecule has 2 aromatic rings. The van der Waals surface area contributed by atoms with E-state index in [0.717, 1.165) is 32.5 Å². The van der Waals surface area contributed by atoms with E-state index in [-0.39, 0.29) is 30.4 Å². The molecule has 196 valence electrons. The van der Waals surface area contributed by atoms with Gasteiger partial charge in [-0.05, 0) is 55.0 Å². The number of carbonyl (C=O) groups excluding carboxylic acids is 3. The molecule has 0 aliphatic carbocycles. The van der Waals surface area contributed by atoms with Crippen LogP contribution in [0.4, 0.5) is 10.5 Å². The highest BCUT2D eigenvalue weighted by molar-refractivity contribution is 5.98. The zero-order chi connectivity index (χ0) is 26.6. The van der Waals surface area contributed by atoms with E-state index < -0.39 is 11.9 Å². The molecule has 37 heavy (non-hydrogen) atoms. The summed E-state index contributed by atoms with van der Waals surface area (Å²) in [5.74, 6) is -0.597. The van der Waals surface area contributed by atoms with Gasteiger partial charge in [0.2, 0.25) is 5.91 Å². The summed E-state index contributed by atoms with van der Waals surface area (Å²) in [6.45, 7) is 6.57. The zero-order valence-corrected chi connectivity index (χ0v) is 21.5. The van der Waals surface area contributed by atoms with Crippen molar-refractivity contribution in [2.75, 3.05) is 25.0 Å². The second-order valence-electron chi connectivity index (χ2n) is 9.74. The molecular formula is C28H36N6O3. The van der Waals surface area contributed by atoms with Crippen molar-refractivity contribution in [3.05, 3.63) is 65.7 Å². The molecule has 9 nitrogen and oxygen atoms in total. The molecule has 4 amide bonds. The van der Waals surface area contributed by atoms with Gasteiger partial charge in [0.05, 0.1) is 6.07 Å². The molecule has 1 saturated heterocycles. The van der Waals surface area contributed by atoms with Crippen molar-refractivity contribution >= 4 is 23.5 Å². The van der Waals surface area contributed by atoms with Crippen LogP contribution in [0, 0.1) is 17.2 Å². The minimum Gasteiger partial charge on any atom is -0.341 e. The number of nitriles is 1. The van der Waals surface area contributed by atoms with Crippen LogP contribution in [-0.2, 0) is 11.3 Å². The Morgan fingerprint density at radius 1 is 1.03 bits per heavy atom. The standard InChI is InChI=1S/C28H36N6O3/c1-20(2)18-25(27(36)30-15-14-29)33-26(35)22-8-10-23(11-9-22)31-28(37)32-24-12-16-34(17-13-24)19-21-6-4-3-5-7-21/h3-11,20,24-25H,12-13,15-19H2,1-2H3,(H,30,36)(H,33,35)(H2,31,32,37)/t25-/m0/s1. The maximum atomic E-state index is 12.7. The Bertz CT molecular complexity index is 1070. The van der Waals surface area contributed by atoms with Gasteiger partial charge in [0.15, 0.2) is 0 Å². The van der Waals surface area contributed by atoms with E-state index in [1.807, 2.05) is 38.1 Å². The Morgan fingerprint density at radius 2 is 1.70 bits per heavy atom. The Balaban J connectivity index is 1.45. The number of hydrogen-bond donors (Lipinski definition) is 4. The van der Waals surface area contributed by atoms with E-state index in [1.165, 1.54) is 5.56 Å². The van der Waals surface area contributed by atoms with E-state index in [9.17, 15) is 14.4 Å². The van der Waals surface area contributed by atoms with E-state index in [1.54, 1.807) is 24.3 Å². The van der Waals surface area contributed by atoms with Gasteiger partial charge < -0.3 is 21.3 Å². The molecular weight excluding hydrogens is 468 g/mol. The highest BCUT2D eigenvalue weighted by Gasteiger charge is 2.23. The summed E-state index contributed by atoms with van der Waals surface area (Å²) >= 11 is 0. The van der Waals surface area contributed by atoms with Crippen molar-refractivity contribution in [1.29, 1.82) is 5.26 Å². The van der Waals surface area contributed by atoms with E-state index in [0.29, 0.717) is 17.7 Å². The maximum absolute atomic E-state index is 12.7. The lowest BCUT2D eigenvalue weighted by Crippen LogP contribution is -2.47. The zero-order valence-electron chi connectivity index (χ0n) is 21.5. The molecule has 0 spiro atoms. The smallest absolute Gasteiger partial charge is 0.319 e. The molecule has 2 aromatic carbocycles. The maximum Gasteiger partial charge on any atom is 0.319 e. The number of urea groups is 1. The number of carbonyl (C=O) groups is 3. The van der Waals surface area contributed by atoms with Crippen molar-refractivity contribution in [3.8, 4) is 6.07 Å². The Hall–Kier alpha value is -3.90. The molecule has 9 heteroatoms. The molecule has 1 aliphatic rings. The quantitative estimate of drug-likeness (QED) is 0.370. The molecule has 3 rings (SSSR count). The summed E-state index contributed by atoms with van der Waals surface area (Å²) in [5.41, 5.74) is 2.24. The van der Waals surface area contributed by atoms with Gasteiger partial charge in [-0.3, -0.25) is 14.5 Å².